The van der Waals surface area contributed by atoms with E-state index in [0.29, 0.717) is 19.3 Å². The van der Waals surface area contributed by atoms with Gasteiger partial charge in [-0.15, -0.1) is 0 Å². The molecule has 1 aromatic rings. The van der Waals surface area contributed by atoms with Crippen molar-refractivity contribution in [1.29, 1.82) is 0 Å². The summed E-state index contributed by atoms with van der Waals surface area (Å²) < 4.78 is 58.1. The molecule has 1 aromatic carbocycles. The molecule has 2 rings (SSSR count). The number of hydrogen-bond acceptors (Lipinski definition) is 3. The number of allylic oxidation sites excluding steroid dienone is 6. The molecular formula is C30H43F3O3. The molecule has 0 fully saturated rings. The molecule has 1 aliphatic heterocycles. The quantitative estimate of drug-likeness (QED) is 0.208. The zero-order valence-electron chi connectivity index (χ0n) is 23.0. The molecule has 0 radical (unpaired) electrons. The summed E-state index contributed by atoms with van der Waals surface area (Å²) >= 11 is 0. The number of halogens is 3. The van der Waals surface area contributed by atoms with Crippen molar-refractivity contribution in [3.63, 3.8) is 0 Å². The Balaban J connectivity index is 2.02. The Morgan fingerprint density at radius 3 is 2.39 bits per heavy atom. The fraction of sp³-hybridized carbons (Fsp3) is 0.600. The molecule has 3 nitrogen and oxygen atoms in total. The van der Waals surface area contributed by atoms with Crippen LogP contribution in [0.4, 0.5) is 13.2 Å². The molecule has 1 aliphatic rings. The van der Waals surface area contributed by atoms with Gasteiger partial charge in [0.1, 0.15) is 17.1 Å². The molecule has 6 heteroatoms. The highest BCUT2D eigenvalue weighted by Gasteiger charge is 2.35. The molecule has 0 spiro atoms. The van der Waals surface area contributed by atoms with Crippen molar-refractivity contribution >= 4 is 0 Å². The number of aryl methyl sites for hydroxylation is 1. The van der Waals surface area contributed by atoms with Gasteiger partial charge in [-0.1, -0.05) is 29.4 Å². The first-order valence-corrected chi connectivity index (χ1v) is 12.9. The van der Waals surface area contributed by atoms with Gasteiger partial charge < -0.3 is 14.2 Å². The van der Waals surface area contributed by atoms with Crippen LogP contribution in [0.15, 0.2) is 41.0 Å². The van der Waals surface area contributed by atoms with Gasteiger partial charge in [0.25, 0.3) is 0 Å². The van der Waals surface area contributed by atoms with Gasteiger partial charge in [0.05, 0.1) is 0 Å². The van der Waals surface area contributed by atoms with Gasteiger partial charge in [0.2, 0.25) is 0 Å². The van der Waals surface area contributed by atoms with E-state index < -0.39 is 17.4 Å². The fourth-order valence-corrected chi connectivity index (χ4v) is 4.58. The Kier molecular flexibility index (Phi) is 11.1. The molecule has 1 heterocycles. The van der Waals surface area contributed by atoms with Crippen molar-refractivity contribution < 1.29 is 27.4 Å². The zero-order valence-corrected chi connectivity index (χ0v) is 23.0. The normalized spacial score (nSPS) is 18.5. The SMILES string of the molecule is COCOc1cc(C)c2c(c1C)CCC(C)(CC/C=C(/CC/C=C(\C)CCC=C(C)C)C(F)(F)F)O2. The first-order chi connectivity index (χ1) is 16.9. The second-order valence-electron chi connectivity index (χ2n) is 10.4. The van der Waals surface area contributed by atoms with Crippen molar-refractivity contribution in [3.05, 3.63) is 57.7 Å². The standard InChI is InChI=1S/C30H43F3O3/c1-21(2)11-8-12-22(3)13-9-14-25(30(31,32)33)15-10-17-29(6)18-16-26-24(5)27(35-20-34-7)19-23(4)28(26)36-29/h11,13,15,19H,8-10,12,14,16-18,20H2,1-7H3/b22-13+,25-15-. The summed E-state index contributed by atoms with van der Waals surface area (Å²) in [6, 6.07) is 1.94. The Morgan fingerprint density at radius 1 is 1.06 bits per heavy atom. The van der Waals surface area contributed by atoms with Crippen LogP contribution in [0.2, 0.25) is 0 Å². The number of fused-ring (bicyclic) bond motifs is 1. The van der Waals surface area contributed by atoms with E-state index in [1.165, 1.54) is 11.6 Å². The van der Waals surface area contributed by atoms with Crippen LogP contribution in [0.3, 0.4) is 0 Å². The number of methoxy groups -OCH3 is 1. The van der Waals surface area contributed by atoms with Crippen molar-refractivity contribution in [3.8, 4) is 11.5 Å². The average molecular weight is 509 g/mol. The van der Waals surface area contributed by atoms with Gasteiger partial charge in [0, 0.05) is 18.2 Å². The predicted molar refractivity (Wildman–Crippen MR) is 141 cm³/mol. The summed E-state index contributed by atoms with van der Waals surface area (Å²) in [7, 11) is 1.58. The number of rotatable bonds is 12. The lowest BCUT2D eigenvalue weighted by Gasteiger charge is -2.37. The van der Waals surface area contributed by atoms with E-state index >= 15 is 0 Å². The van der Waals surface area contributed by atoms with Crippen LogP contribution in [0.25, 0.3) is 0 Å². The van der Waals surface area contributed by atoms with Gasteiger partial charge >= 0.3 is 6.18 Å². The molecule has 36 heavy (non-hydrogen) atoms. The molecule has 0 bridgehead atoms. The van der Waals surface area contributed by atoms with E-state index in [0.717, 1.165) is 59.4 Å². The highest BCUT2D eigenvalue weighted by molar-refractivity contribution is 5.54. The molecule has 0 aliphatic carbocycles. The van der Waals surface area contributed by atoms with E-state index in [1.807, 2.05) is 53.7 Å². The summed E-state index contributed by atoms with van der Waals surface area (Å²) in [5.74, 6) is 1.61. The first kappa shape index (κ1) is 30.0. The van der Waals surface area contributed by atoms with Crippen LogP contribution >= 0.6 is 0 Å². The maximum absolute atomic E-state index is 13.7. The van der Waals surface area contributed by atoms with Gasteiger partial charge in [-0.25, -0.2) is 0 Å². The third kappa shape index (κ3) is 9.02. The third-order valence-electron chi connectivity index (χ3n) is 6.81. The monoisotopic (exact) mass is 508 g/mol. The molecule has 0 saturated heterocycles. The summed E-state index contributed by atoms with van der Waals surface area (Å²) in [4.78, 5) is 0. The molecule has 0 amide bonds. The smallest absolute Gasteiger partial charge is 0.412 e. The Labute approximate surface area is 215 Å². The summed E-state index contributed by atoms with van der Waals surface area (Å²) in [6.45, 7) is 12.2. The second-order valence-corrected chi connectivity index (χ2v) is 10.4. The lowest BCUT2D eigenvalue weighted by atomic mass is 9.86. The van der Waals surface area contributed by atoms with Gasteiger partial charge in [-0.05, 0) is 110 Å². The fourth-order valence-electron chi connectivity index (χ4n) is 4.58. The highest BCUT2D eigenvalue weighted by Crippen LogP contribution is 2.43. The Hall–Kier alpha value is -2.21. The minimum absolute atomic E-state index is 0.00639. The van der Waals surface area contributed by atoms with Crippen LogP contribution in [-0.4, -0.2) is 25.7 Å². The maximum Gasteiger partial charge on any atom is 0.412 e. The largest absolute Gasteiger partial charge is 0.487 e. The van der Waals surface area contributed by atoms with Crippen LogP contribution in [0.1, 0.15) is 89.3 Å². The molecule has 1 unspecified atom stereocenters. The maximum atomic E-state index is 13.7. The van der Waals surface area contributed by atoms with Crippen molar-refractivity contribution in [2.24, 2.45) is 0 Å². The summed E-state index contributed by atoms with van der Waals surface area (Å²) in [6.07, 6.45) is 5.78. The number of alkyl halides is 3. The average Bonchev–Trinajstić information content (AvgIpc) is 2.78. The molecule has 0 saturated carbocycles. The molecule has 1 atom stereocenters. The van der Waals surface area contributed by atoms with Crippen LogP contribution < -0.4 is 9.47 Å². The van der Waals surface area contributed by atoms with Crippen molar-refractivity contribution in [1.82, 2.24) is 0 Å². The van der Waals surface area contributed by atoms with E-state index in [1.54, 1.807) is 7.11 Å². The molecular weight excluding hydrogens is 465 g/mol. The minimum Gasteiger partial charge on any atom is -0.487 e. The molecule has 0 aromatic heterocycles. The van der Waals surface area contributed by atoms with Gasteiger partial charge in [0.15, 0.2) is 6.79 Å². The Morgan fingerprint density at radius 2 is 1.75 bits per heavy atom. The highest BCUT2D eigenvalue weighted by atomic mass is 19.4. The second kappa shape index (κ2) is 13.4. The van der Waals surface area contributed by atoms with Crippen LogP contribution in [0.5, 0.6) is 11.5 Å². The van der Waals surface area contributed by atoms with E-state index in [9.17, 15) is 13.2 Å². The lowest BCUT2D eigenvalue weighted by Crippen LogP contribution is -2.37. The predicted octanol–water partition coefficient (Wildman–Crippen LogP) is 9.11. The lowest BCUT2D eigenvalue weighted by molar-refractivity contribution is -0.0942. The summed E-state index contributed by atoms with van der Waals surface area (Å²) in [5, 5.41) is 0. The molecule has 202 valence electrons. The van der Waals surface area contributed by atoms with Crippen molar-refractivity contribution in [2.45, 2.75) is 105 Å². The topological polar surface area (TPSA) is 27.7 Å². The van der Waals surface area contributed by atoms with Crippen molar-refractivity contribution in [2.75, 3.05) is 13.9 Å². The van der Waals surface area contributed by atoms with E-state index in [2.05, 4.69) is 6.08 Å². The first-order valence-electron chi connectivity index (χ1n) is 12.9. The van der Waals surface area contributed by atoms with Gasteiger partial charge in [-0.3, -0.25) is 0 Å². The number of ether oxygens (including phenoxy) is 3. The third-order valence-corrected chi connectivity index (χ3v) is 6.81. The Bertz CT molecular complexity index is 969. The zero-order chi connectivity index (χ0) is 26.9. The minimum atomic E-state index is -4.31. The number of hydrogen-bond donors (Lipinski definition) is 0. The van der Waals surface area contributed by atoms with Crippen LogP contribution in [0, 0.1) is 13.8 Å². The van der Waals surface area contributed by atoms with Gasteiger partial charge in [-0.2, -0.15) is 13.2 Å². The summed E-state index contributed by atoms with van der Waals surface area (Å²) in [5.41, 5.74) is 4.55. The van der Waals surface area contributed by atoms with Crippen LogP contribution in [-0.2, 0) is 11.2 Å². The van der Waals surface area contributed by atoms with E-state index in [-0.39, 0.29) is 13.2 Å². The number of benzene rings is 1. The molecule has 0 N–H and O–H groups in total. The van der Waals surface area contributed by atoms with E-state index in [4.69, 9.17) is 14.2 Å².